The molecule has 1 aliphatic rings. The van der Waals surface area contributed by atoms with Crippen LogP contribution in [-0.2, 0) is 17.9 Å². The van der Waals surface area contributed by atoms with Crippen LogP contribution < -0.4 is 4.72 Å². The molecular formula is C16H23FN4OS. The monoisotopic (exact) mass is 338 g/mol. The van der Waals surface area contributed by atoms with E-state index in [0.717, 1.165) is 16.6 Å². The number of alkyl halides is 1. The van der Waals surface area contributed by atoms with Crippen molar-refractivity contribution in [1.29, 1.82) is 0 Å². The highest BCUT2D eigenvalue weighted by Crippen LogP contribution is 2.41. The van der Waals surface area contributed by atoms with Gasteiger partial charge in [-0.25, -0.2) is 4.39 Å². The molecule has 0 bridgehead atoms. The van der Waals surface area contributed by atoms with E-state index in [1.165, 1.54) is 0 Å². The van der Waals surface area contributed by atoms with Crippen LogP contribution in [0.4, 0.5) is 4.39 Å². The zero-order chi connectivity index (χ0) is 16.8. The van der Waals surface area contributed by atoms with Crippen molar-refractivity contribution in [1.82, 2.24) is 19.5 Å². The summed E-state index contributed by atoms with van der Waals surface area (Å²) in [5.41, 5.74) is 0.550. The Hall–Kier alpha value is -1.18. The van der Waals surface area contributed by atoms with Gasteiger partial charge in [-0.3, -0.25) is 9.67 Å². The van der Waals surface area contributed by atoms with Crippen molar-refractivity contribution in [3.8, 4) is 0 Å². The molecule has 0 aromatic carbocycles. The van der Waals surface area contributed by atoms with Crippen molar-refractivity contribution in [2.24, 2.45) is 0 Å². The highest BCUT2D eigenvalue weighted by molar-refractivity contribution is 7.90. The van der Waals surface area contributed by atoms with Gasteiger partial charge in [-0.05, 0) is 46.6 Å². The number of rotatable bonds is 5. The van der Waals surface area contributed by atoms with Gasteiger partial charge in [0.25, 0.3) is 0 Å². The van der Waals surface area contributed by atoms with Crippen molar-refractivity contribution in [3.63, 3.8) is 0 Å². The summed E-state index contributed by atoms with van der Waals surface area (Å²) in [6.07, 6.45) is 4.68. The average molecular weight is 338 g/mol. The van der Waals surface area contributed by atoms with E-state index in [2.05, 4.69) is 14.8 Å². The first-order valence-electron chi connectivity index (χ1n) is 7.86. The van der Waals surface area contributed by atoms with Gasteiger partial charge in [0.2, 0.25) is 0 Å². The number of aromatic nitrogens is 3. The largest absolute Gasteiger partial charge is 0.598 e. The molecule has 3 rings (SSSR count). The van der Waals surface area contributed by atoms with Crippen LogP contribution in [0.3, 0.4) is 0 Å². The van der Waals surface area contributed by atoms with Gasteiger partial charge in [0.1, 0.15) is 10.4 Å². The molecule has 2 aromatic heterocycles. The van der Waals surface area contributed by atoms with Crippen molar-refractivity contribution < 1.29 is 8.94 Å². The number of pyridine rings is 1. The predicted molar refractivity (Wildman–Crippen MR) is 90.0 cm³/mol. The molecule has 0 spiro atoms. The Morgan fingerprint density at radius 3 is 2.74 bits per heavy atom. The molecule has 5 nitrogen and oxygen atoms in total. The molecule has 1 saturated carbocycles. The lowest BCUT2D eigenvalue weighted by atomic mass is 10.2. The molecule has 0 amide bonds. The predicted octanol–water partition coefficient (Wildman–Crippen LogP) is 3.05. The lowest BCUT2D eigenvalue weighted by molar-refractivity contribution is 0.264. The maximum atomic E-state index is 13.9. The molecule has 0 saturated heterocycles. The van der Waals surface area contributed by atoms with Crippen LogP contribution in [0.25, 0.3) is 10.9 Å². The van der Waals surface area contributed by atoms with Gasteiger partial charge in [-0.2, -0.15) is 5.10 Å². The van der Waals surface area contributed by atoms with Gasteiger partial charge in [-0.1, -0.05) is 0 Å². The second-order valence-electron chi connectivity index (χ2n) is 7.34. The lowest BCUT2D eigenvalue weighted by Crippen LogP contribution is -2.40. The fourth-order valence-electron chi connectivity index (χ4n) is 2.32. The van der Waals surface area contributed by atoms with E-state index in [4.69, 9.17) is 0 Å². The summed E-state index contributed by atoms with van der Waals surface area (Å²) in [4.78, 5) is 4.44. The van der Waals surface area contributed by atoms with Crippen molar-refractivity contribution in [3.05, 3.63) is 24.2 Å². The molecule has 23 heavy (non-hydrogen) atoms. The van der Waals surface area contributed by atoms with E-state index < -0.39 is 17.0 Å². The summed E-state index contributed by atoms with van der Waals surface area (Å²) >= 11 is -1.16. The third-order valence-electron chi connectivity index (χ3n) is 4.06. The first-order chi connectivity index (χ1) is 10.7. The summed E-state index contributed by atoms with van der Waals surface area (Å²) < 4.78 is 30.6. The molecule has 7 heteroatoms. The van der Waals surface area contributed by atoms with Crippen LogP contribution in [0, 0.1) is 0 Å². The van der Waals surface area contributed by atoms with Gasteiger partial charge in [0.05, 0.1) is 36.2 Å². The van der Waals surface area contributed by atoms with Crippen molar-refractivity contribution in [2.45, 2.75) is 63.5 Å². The van der Waals surface area contributed by atoms with Crippen LogP contribution in [0.2, 0.25) is 0 Å². The first-order valence-corrected chi connectivity index (χ1v) is 9.01. The minimum atomic E-state index is -1.16. The highest BCUT2D eigenvalue weighted by atomic mass is 32.2. The SMILES string of the molecule is CC(N[S+]([O-])C(C)(C)C)c1cc2cnn(CC3(F)CC3)c2cn1. The van der Waals surface area contributed by atoms with Crippen LogP contribution in [0.15, 0.2) is 18.5 Å². The van der Waals surface area contributed by atoms with Crippen molar-refractivity contribution >= 4 is 22.3 Å². The molecule has 2 atom stereocenters. The van der Waals surface area contributed by atoms with E-state index in [-0.39, 0.29) is 10.8 Å². The summed E-state index contributed by atoms with van der Waals surface area (Å²) in [6.45, 7) is 8.00. The fraction of sp³-hybridized carbons (Fsp3) is 0.625. The van der Waals surface area contributed by atoms with Gasteiger partial charge in [-0.15, -0.1) is 4.72 Å². The van der Waals surface area contributed by atoms with Crippen LogP contribution >= 0.6 is 0 Å². The topological polar surface area (TPSA) is 65.8 Å². The van der Waals surface area contributed by atoms with Gasteiger partial charge < -0.3 is 4.55 Å². The Morgan fingerprint density at radius 2 is 2.13 bits per heavy atom. The molecule has 1 N–H and O–H groups in total. The van der Waals surface area contributed by atoms with Crippen LogP contribution in [-0.4, -0.2) is 29.7 Å². The zero-order valence-corrected chi connectivity index (χ0v) is 14.8. The number of nitrogens with one attached hydrogen (secondary N) is 1. The second kappa shape index (κ2) is 5.72. The molecule has 0 aliphatic heterocycles. The number of hydrogen-bond acceptors (Lipinski definition) is 4. The fourth-order valence-corrected chi connectivity index (χ4v) is 3.11. The smallest absolute Gasteiger partial charge is 0.136 e. The maximum absolute atomic E-state index is 13.9. The molecule has 126 valence electrons. The second-order valence-corrected chi connectivity index (χ2v) is 9.34. The van der Waals surface area contributed by atoms with Crippen molar-refractivity contribution in [2.75, 3.05) is 0 Å². The molecule has 1 aliphatic carbocycles. The zero-order valence-electron chi connectivity index (χ0n) is 14.0. The molecule has 2 heterocycles. The third-order valence-corrected chi connectivity index (χ3v) is 5.74. The molecule has 0 radical (unpaired) electrons. The van der Waals surface area contributed by atoms with E-state index in [1.54, 1.807) is 17.1 Å². The minimum absolute atomic E-state index is 0.140. The van der Waals surface area contributed by atoms with Gasteiger partial charge in [0, 0.05) is 16.7 Å². The molecule has 1 fully saturated rings. The number of nitrogens with zero attached hydrogens (tertiary/aromatic N) is 3. The van der Waals surface area contributed by atoms with E-state index in [9.17, 15) is 8.94 Å². The first kappa shape index (κ1) is 16.7. The normalized spacial score (nSPS) is 19.7. The number of hydrogen-bond donors (Lipinski definition) is 1. The molecule has 2 aromatic rings. The Balaban J connectivity index is 1.78. The van der Waals surface area contributed by atoms with Crippen LogP contribution in [0.1, 0.15) is 52.3 Å². The van der Waals surface area contributed by atoms with Gasteiger partial charge in [0.15, 0.2) is 0 Å². The van der Waals surface area contributed by atoms with E-state index in [0.29, 0.717) is 19.4 Å². The van der Waals surface area contributed by atoms with Crippen LogP contribution in [0.5, 0.6) is 0 Å². The maximum Gasteiger partial charge on any atom is 0.136 e. The summed E-state index contributed by atoms with van der Waals surface area (Å²) in [5, 5.41) is 5.20. The number of halogens is 1. The Labute approximate surface area is 139 Å². The van der Waals surface area contributed by atoms with E-state index >= 15 is 0 Å². The number of fused-ring (bicyclic) bond motifs is 1. The minimum Gasteiger partial charge on any atom is -0.598 e. The summed E-state index contributed by atoms with van der Waals surface area (Å²) in [6, 6.07) is 1.78. The highest BCUT2D eigenvalue weighted by Gasteiger charge is 2.44. The Morgan fingerprint density at radius 1 is 1.43 bits per heavy atom. The van der Waals surface area contributed by atoms with Gasteiger partial charge >= 0.3 is 0 Å². The molecular weight excluding hydrogens is 315 g/mol. The Kier molecular flexibility index (Phi) is 4.14. The third kappa shape index (κ3) is 3.67. The lowest BCUT2D eigenvalue weighted by Gasteiger charge is -2.26. The quantitative estimate of drug-likeness (QED) is 0.851. The van der Waals surface area contributed by atoms with E-state index in [1.807, 2.05) is 33.8 Å². The molecule has 2 unspecified atom stereocenters. The Bertz CT molecular complexity index is 708. The standard InChI is InChI=1S/C16H23FN4OS/c1-11(20-23(22)15(2,3)4)13-7-12-8-19-21(14(12)9-18-13)10-16(17)5-6-16/h7-9,11,20H,5-6,10H2,1-4H3. The average Bonchev–Trinajstić information content (AvgIpc) is 3.06. The summed E-state index contributed by atoms with van der Waals surface area (Å²) in [7, 11) is 0. The summed E-state index contributed by atoms with van der Waals surface area (Å²) in [5.74, 6) is 0.